The van der Waals surface area contributed by atoms with Gasteiger partial charge in [-0.25, -0.2) is 8.42 Å². The third kappa shape index (κ3) is 6.81. The lowest BCUT2D eigenvalue weighted by atomic mass is 10.1. The minimum Gasteiger partial charge on any atom is -0.497 e. The summed E-state index contributed by atoms with van der Waals surface area (Å²) in [4.78, 5) is 27.7. The zero-order chi connectivity index (χ0) is 27.2. The summed E-state index contributed by atoms with van der Waals surface area (Å²) < 4.78 is 33.8. The highest BCUT2D eigenvalue weighted by Crippen LogP contribution is 2.27. The second-order valence-electron chi connectivity index (χ2n) is 8.47. The van der Waals surface area contributed by atoms with E-state index in [0.717, 1.165) is 15.4 Å². The van der Waals surface area contributed by atoms with Crippen molar-refractivity contribution in [1.29, 1.82) is 0 Å². The molecule has 2 amide bonds. The highest BCUT2D eigenvalue weighted by atomic mass is 35.5. The van der Waals surface area contributed by atoms with Crippen LogP contribution in [0.3, 0.4) is 0 Å². The summed E-state index contributed by atoms with van der Waals surface area (Å²) >= 11 is 6.17. The molecule has 0 bridgehead atoms. The minimum absolute atomic E-state index is 0.0320. The molecule has 0 aliphatic heterocycles. The average Bonchev–Trinajstić information content (AvgIpc) is 2.89. The predicted octanol–water partition coefficient (Wildman–Crippen LogP) is 4.02. The van der Waals surface area contributed by atoms with Crippen LogP contribution >= 0.6 is 11.6 Å². The zero-order valence-corrected chi connectivity index (χ0v) is 22.7. The van der Waals surface area contributed by atoms with Gasteiger partial charge in [-0.15, -0.1) is 0 Å². The van der Waals surface area contributed by atoms with Gasteiger partial charge in [-0.05, 0) is 61.9 Å². The number of likely N-dealkylation sites (N-methyl/N-ethyl adjacent to an activating group) is 1. The number of methoxy groups -OCH3 is 1. The predicted molar refractivity (Wildman–Crippen MR) is 144 cm³/mol. The van der Waals surface area contributed by atoms with Crippen molar-refractivity contribution in [2.24, 2.45) is 0 Å². The van der Waals surface area contributed by atoms with E-state index in [9.17, 15) is 18.0 Å². The highest BCUT2D eigenvalue weighted by Gasteiger charge is 2.32. The van der Waals surface area contributed by atoms with E-state index in [1.54, 1.807) is 61.5 Å². The first-order valence-electron chi connectivity index (χ1n) is 11.6. The average molecular weight is 544 g/mol. The van der Waals surface area contributed by atoms with Gasteiger partial charge >= 0.3 is 0 Å². The van der Waals surface area contributed by atoms with Crippen LogP contribution in [-0.4, -0.2) is 51.9 Å². The van der Waals surface area contributed by atoms with Crippen LogP contribution in [0.1, 0.15) is 18.1 Å². The van der Waals surface area contributed by atoms with Gasteiger partial charge in [0.1, 0.15) is 18.3 Å². The molecule has 3 rings (SSSR count). The molecular weight excluding hydrogens is 514 g/mol. The third-order valence-electron chi connectivity index (χ3n) is 5.88. The van der Waals surface area contributed by atoms with Gasteiger partial charge in [0.2, 0.25) is 11.8 Å². The Balaban J connectivity index is 2.03. The molecule has 1 atom stereocenters. The molecule has 37 heavy (non-hydrogen) atoms. The fraction of sp³-hybridized carbons (Fsp3) is 0.259. The molecule has 0 radical (unpaired) electrons. The molecule has 0 saturated carbocycles. The number of hydrogen-bond donors (Lipinski definition) is 1. The van der Waals surface area contributed by atoms with Gasteiger partial charge in [0, 0.05) is 18.6 Å². The van der Waals surface area contributed by atoms with E-state index in [0.29, 0.717) is 10.8 Å². The first-order valence-corrected chi connectivity index (χ1v) is 13.4. The van der Waals surface area contributed by atoms with Crippen LogP contribution in [0.4, 0.5) is 5.69 Å². The molecule has 0 fully saturated rings. The van der Waals surface area contributed by atoms with E-state index in [-0.39, 0.29) is 23.0 Å². The van der Waals surface area contributed by atoms with E-state index in [1.165, 1.54) is 37.3 Å². The Morgan fingerprint density at radius 3 is 2.32 bits per heavy atom. The summed E-state index contributed by atoms with van der Waals surface area (Å²) in [6, 6.07) is 18.9. The van der Waals surface area contributed by atoms with Gasteiger partial charge in [-0.3, -0.25) is 13.9 Å². The van der Waals surface area contributed by atoms with Crippen molar-refractivity contribution < 1.29 is 22.7 Å². The maximum Gasteiger partial charge on any atom is 0.264 e. The molecule has 0 aliphatic carbocycles. The van der Waals surface area contributed by atoms with Crippen molar-refractivity contribution in [1.82, 2.24) is 10.2 Å². The molecule has 8 nitrogen and oxygen atoms in total. The quantitative estimate of drug-likeness (QED) is 0.417. The van der Waals surface area contributed by atoms with Crippen LogP contribution < -0.4 is 14.4 Å². The van der Waals surface area contributed by atoms with Crippen LogP contribution in [0.25, 0.3) is 0 Å². The molecule has 0 unspecified atom stereocenters. The van der Waals surface area contributed by atoms with Crippen molar-refractivity contribution in [3.05, 3.63) is 88.9 Å². The molecule has 196 valence electrons. The second-order valence-corrected chi connectivity index (χ2v) is 10.8. The Hall–Kier alpha value is -3.56. The normalized spacial score (nSPS) is 11.9. The number of amides is 2. The van der Waals surface area contributed by atoms with E-state index >= 15 is 0 Å². The standard InChI is InChI=1S/C27H30ClN3O5S/c1-19-11-13-25(14-12-19)37(34,35)31(23-9-6-8-22(28)16-23)18-26(32)30(20(2)27(33)29-3)17-21-7-5-10-24(15-21)36-4/h5-16,20H,17-18H2,1-4H3,(H,29,33)/t20-/m1/s1. The minimum atomic E-state index is -4.14. The Kier molecular flexibility index (Phi) is 9.18. The Morgan fingerprint density at radius 2 is 1.70 bits per heavy atom. The Labute approximate surface area is 222 Å². The van der Waals surface area contributed by atoms with Crippen LogP contribution in [0, 0.1) is 6.92 Å². The SMILES string of the molecule is CNC(=O)[C@@H](C)N(Cc1cccc(OC)c1)C(=O)CN(c1cccc(Cl)c1)S(=O)(=O)c1ccc(C)cc1. The summed E-state index contributed by atoms with van der Waals surface area (Å²) in [5.74, 6) is -0.346. The number of nitrogens with one attached hydrogen (secondary N) is 1. The lowest BCUT2D eigenvalue weighted by molar-refractivity contribution is -0.139. The molecule has 3 aromatic rings. The highest BCUT2D eigenvalue weighted by molar-refractivity contribution is 7.92. The third-order valence-corrected chi connectivity index (χ3v) is 7.91. The zero-order valence-electron chi connectivity index (χ0n) is 21.1. The van der Waals surface area contributed by atoms with Crippen molar-refractivity contribution in [2.45, 2.75) is 31.3 Å². The largest absolute Gasteiger partial charge is 0.497 e. The number of rotatable bonds is 10. The topological polar surface area (TPSA) is 96.0 Å². The molecule has 0 saturated heterocycles. The molecule has 0 heterocycles. The van der Waals surface area contributed by atoms with Crippen LogP contribution in [0.2, 0.25) is 5.02 Å². The molecule has 0 aliphatic rings. The van der Waals surface area contributed by atoms with Gasteiger partial charge in [-0.1, -0.05) is 47.5 Å². The van der Waals surface area contributed by atoms with E-state index < -0.39 is 28.5 Å². The van der Waals surface area contributed by atoms with Crippen LogP contribution in [0.15, 0.2) is 77.7 Å². The lowest BCUT2D eigenvalue weighted by Gasteiger charge is -2.32. The molecular formula is C27H30ClN3O5S. The summed E-state index contributed by atoms with van der Waals surface area (Å²) in [7, 11) is -1.13. The number of halogens is 1. The van der Waals surface area contributed by atoms with E-state index in [2.05, 4.69) is 5.32 Å². The summed E-state index contributed by atoms with van der Waals surface area (Å²) in [6.45, 7) is 2.97. The van der Waals surface area contributed by atoms with Crippen molar-refractivity contribution >= 4 is 39.1 Å². The van der Waals surface area contributed by atoms with Crippen LogP contribution in [0.5, 0.6) is 5.75 Å². The fourth-order valence-electron chi connectivity index (χ4n) is 3.76. The first-order chi connectivity index (χ1) is 17.6. The second kappa shape index (κ2) is 12.1. The number of hydrogen-bond acceptors (Lipinski definition) is 5. The maximum absolute atomic E-state index is 13.7. The number of carbonyl (C=O) groups excluding carboxylic acids is 2. The lowest BCUT2D eigenvalue weighted by Crippen LogP contribution is -2.50. The first kappa shape index (κ1) is 28.0. The number of benzene rings is 3. The van der Waals surface area contributed by atoms with Crippen LogP contribution in [-0.2, 0) is 26.2 Å². The number of anilines is 1. The number of ether oxygens (including phenoxy) is 1. The van der Waals surface area contributed by atoms with Crippen molar-refractivity contribution in [2.75, 3.05) is 25.0 Å². The van der Waals surface area contributed by atoms with Gasteiger partial charge < -0.3 is 15.0 Å². The number of sulfonamides is 1. The summed E-state index contributed by atoms with van der Waals surface area (Å²) in [5.41, 5.74) is 1.85. The van der Waals surface area contributed by atoms with E-state index in [1.807, 2.05) is 6.92 Å². The number of carbonyl (C=O) groups is 2. The van der Waals surface area contributed by atoms with Gasteiger partial charge in [-0.2, -0.15) is 0 Å². The smallest absolute Gasteiger partial charge is 0.264 e. The van der Waals surface area contributed by atoms with E-state index in [4.69, 9.17) is 16.3 Å². The fourth-order valence-corrected chi connectivity index (χ4v) is 5.35. The van der Waals surface area contributed by atoms with Gasteiger partial charge in [0.25, 0.3) is 10.0 Å². The molecule has 0 aromatic heterocycles. The van der Waals surface area contributed by atoms with Gasteiger partial charge in [0.15, 0.2) is 0 Å². The summed E-state index contributed by atoms with van der Waals surface area (Å²) in [5, 5.41) is 2.88. The number of aryl methyl sites for hydroxylation is 1. The molecule has 3 aromatic carbocycles. The molecule has 1 N–H and O–H groups in total. The maximum atomic E-state index is 13.7. The molecule has 0 spiro atoms. The van der Waals surface area contributed by atoms with Gasteiger partial charge in [0.05, 0.1) is 17.7 Å². The number of nitrogens with zero attached hydrogens (tertiary/aromatic N) is 2. The summed E-state index contributed by atoms with van der Waals surface area (Å²) in [6.07, 6.45) is 0. The molecule has 10 heteroatoms. The Bertz CT molecular complexity index is 1360. The van der Waals surface area contributed by atoms with Crippen molar-refractivity contribution in [3.8, 4) is 5.75 Å². The Morgan fingerprint density at radius 1 is 1.03 bits per heavy atom. The monoisotopic (exact) mass is 543 g/mol. The van der Waals surface area contributed by atoms with Crippen molar-refractivity contribution in [3.63, 3.8) is 0 Å².